The number of nitrogens with zero attached hydrogens (tertiary/aromatic N) is 2. The number of pyridine rings is 1. The highest BCUT2D eigenvalue weighted by molar-refractivity contribution is 6.34. The Morgan fingerprint density at radius 2 is 2.03 bits per heavy atom. The van der Waals surface area contributed by atoms with Gasteiger partial charge in [0.15, 0.2) is 5.65 Å². The van der Waals surface area contributed by atoms with Gasteiger partial charge in [-0.05, 0) is 62.0 Å². The lowest BCUT2D eigenvalue weighted by Crippen LogP contribution is -2.41. The van der Waals surface area contributed by atoms with Gasteiger partial charge in [-0.1, -0.05) is 23.8 Å². The number of H-pyrrole nitrogens is 1. The summed E-state index contributed by atoms with van der Waals surface area (Å²) in [6, 6.07) is 5.99. The van der Waals surface area contributed by atoms with Crippen molar-refractivity contribution >= 4 is 34.5 Å². The summed E-state index contributed by atoms with van der Waals surface area (Å²) in [5, 5.41) is 7.45. The number of carbonyl (C=O) groups is 1. The topological polar surface area (TPSA) is 127 Å². The van der Waals surface area contributed by atoms with Crippen LogP contribution in [-0.4, -0.2) is 53.4 Å². The zero-order chi connectivity index (χ0) is 24.8. The summed E-state index contributed by atoms with van der Waals surface area (Å²) >= 11 is 6.64. The number of benzene rings is 1. The van der Waals surface area contributed by atoms with E-state index in [9.17, 15) is 4.79 Å². The van der Waals surface area contributed by atoms with Gasteiger partial charge in [-0.2, -0.15) is 0 Å². The summed E-state index contributed by atoms with van der Waals surface area (Å²) < 4.78 is 11.0. The number of imidazole rings is 1. The van der Waals surface area contributed by atoms with Crippen LogP contribution in [0.2, 0.25) is 5.02 Å². The Balaban J connectivity index is 1.39. The van der Waals surface area contributed by atoms with E-state index < -0.39 is 6.09 Å². The minimum Gasteiger partial charge on any atom is -0.497 e. The molecule has 3 heterocycles. The summed E-state index contributed by atoms with van der Waals surface area (Å²) in [4.78, 5) is 24.4. The maximum absolute atomic E-state index is 11.6. The van der Waals surface area contributed by atoms with Crippen LogP contribution in [0.3, 0.4) is 0 Å². The highest BCUT2D eigenvalue weighted by atomic mass is 35.5. The van der Waals surface area contributed by atoms with Gasteiger partial charge in [0.1, 0.15) is 23.2 Å². The third-order valence-electron chi connectivity index (χ3n) is 7.72. The van der Waals surface area contributed by atoms with Crippen molar-refractivity contribution in [1.82, 2.24) is 20.3 Å². The van der Waals surface area contributed by atoms with Crippen LogP contribution < -0.4 is 21.1 Å². The molecule has 0 unspecified atom stereocenters. The van der Waals surface area contributed by atoms with Crippen molar-refractivity contribution in [1.29, 1.82) is 0 Å². The number of aromatic nitrogens is 3. The number of nitrogens with two attached hydrogens (primary N) is 1. The SMILES string of the molecule is COc1ccc(-c2nc3ncc(Cl)c(N[C@H]4[C@@H](OC(N)=O)[C@@H]5C=C[C@H]4C5)c3[nH]2)c(C2CCNCC2)c1. The third kappa shape index (κ3) is 4.06. The Morgan fingerprint density at radius 1 is 1.22 bits per heavy atom. The van der Waals surface area contributed by atoms with Crippen LogP contribution in [0.1, 0.15) is 30.7 Å². The molecule has 1 aromatic carbocycles. The fourth-order valence-corrected chi connectivity index (χ4v) is 6.18. The van der Waals surface area contributed by atoms with Gasteiger partial charge >= 0.3 is 6.09 Å². The van der Waals surface area contributed by atoms with Gasteiger partial charge in [-0.15, -0.1) is 0 Å². The zero-order valence-corrected chi connectivity index (χ0v) is 20.7. The smallest absolute Gasteiger partial charge is 0.404 e. The minimum atomic E-state index is -0.771. The number of aromatic amines is 1. The van der Waals surface area contributed by atoms with E-state index in [1.807, 2.05) is 6.07 Å². The maximum Gasteiger partial charge on any atom is 0.404 e. The number of carbonyl (C=O) groups excluding carboxylic acids is 1. The summed E-state index contributed by atoms with van der Waals surface area (Å²) in [6.07, 6.45) is 7.75. The number of ether oxygens (including phenoxy) is 2. The normalized spacial score (nSPS) is 25.4. The molecule has 2 bridgehead atoms. The maximum atomic E-state index is 11.6. The number of rotatable bonds is 6. The molecule has 2 aromatic heterocycles. The Bertz CT molecular complexity index is 1330. The second-order valence-corrected chi connectivity index (χ2v) is 10.2. The van der Waals surface area contributed by atoms with Gasteiger partial charge in [-0.3, -0.25) is 0 Å². The number of nitrogens with one attached hydrogen (secondary N) is 3. The second kappa shape index (κ2) is 9.29. The predicted octanol–water partition coefficient (Wildman–Crippen LogP) is 4.20. The molecule has 0 radical (unpaired) electrons. The number of fused-ring (bicyclic) bond motifs is 3. The van der Waals surface area contributed by atoms with E-state index in [0.717, 1.165) is 49.5 Å². The van der Waals surface area contributed by atoms with Crippen LogP contribution in [0.4, 0.5) is 10.5 Å². The molecule has 1 aliphatic heterocycles. The van der Waals surface area contributed by atoms with E-state index >= 15 is 0 Å². The van der Waals surface area contributed by atoms with E-state index in [1.165, 1.54) is 5.56 Å². The monoisotopic (exact) mass is 508 g/mol. The van der Waals surface area contributed by atoms with Crippen LogP contribution >= 0.6 is 11.6 Å². The number of piperidine rings is 1. The van der Waals surface area contributed by atoms with Crippen LogP contribution in [-0.2, 0) is 4.74 Å². The van der Waals surface area contributed by atoms with Crippen molar-refractivity contribution in [2.24, 2.45) is 17.6 Å². The molecular weight excluding hydrogens is 480 g/mol. The van der Waals surface area contributed by atoms with Crippen molar-refractivity contribution < 1.29 is 14.3 Å². The number of methoxy groups -OCH3 is 1. The Hall–Kier alpha value is -3.30. The number of amides is 1. The number of hydrogen-bond donors (Lipinski definition) is 4. The molecule has 4 atom stereocenters. The summed E-state index contributed by atoms with van der Waals surface area (Å²) in [5.41, 5.74) is 9.58. The largest absolute Gasteiger partial charge is 0.497 e. The fourth-order valence-electron chi connectivity index (χ4n) is 5.98. The first kappa shape index (κ1) is 23.1. The third-order valence-corrected chi connectivity index (χ3v) is 8.00. The van der Waals surface area contributed by atoms with E-state index in [-0.39, 0.29) is 24.0 Å². The van der Waals surface area contributed by atoms with Gasteiger partial charge < -0.3 is 30.8 Å². The molecule has 5 N–H and O–H groups in total. The Labute approximate surface area is 213 Å². The van der Waals surface area contributed by atoms with Crippen molar-refractivity contribution in [2.75, 3.05) is 25.5 Å². The van der Waals surface area contributed by atoms with Gasteiger partial charge in [0.05, 0.1) is 30.1 Å². The lowest BCUT2D eigenvalue weighted by Gasteiger charge is -2.29. The van der Waals surface area contributed by atoms with Crippen LogP contribution in [0.5, 0.6) is 5.75 Å². The molecule has 6 rings (SSSR count). The fraction of sp³-hybridized carbons (Fsp3) is 0.423. The molecule has 1 amide bonds. The van der Waals surface area contributed by atoms with Gasteiger partial charge in [-0.25, -0.2) is 14.8 Å². The van der Waals surface area contributed by atoms with E-state index in [0.29, 0.717) is 27.8 Å². The average Bonchev–Trinajstić information content (AvgIpc) is 3.61. The molecule has 3 aliphatic rings. The molecule has 1 saturated heterocycles. The second-order valence-electron chi connectivity index (χ2n) is 9.76. The van der Waals surface area contributed by atoms with Crippen LogP contribution in [0, 0.1) is 11.8 Å². The molecule has 2 fully saturated rings. The standard InChI is InChI=1S/C26H29ClN6O3/c1-35-16-4-5-17(18(11-16)13-6-8-29-9-7-13)24-32-22-21(19(27)12-30-25(22)33-24)31-20-14-2-3-15(10-14)23(20)36-26(28)34/h2-5,11-15,20,23,29H,6-10H2,1H3,(H2,28,34)(H2,30,31,32,33)/t14-,15+,20+,23-/m0/s1. The lowest BCUT2D eigenvalue weighted by molar-refractivity contribution is 0.0854. The first-order valence-corrected chi connectivity index (χ1v) is 12.7. The van der Waals surface area contributed by atoms with Gasteiger partial charge in [0.2, 0.25) is 0 Å². The number of primary amides is 1. The predicted molar refractivity (Wildman–Crippen MR) is 138 cm³/mol. The number of hydrogen-bond acceptors (Lipinski definition) is 7. The molecule has 1 saturated carbocycles. The molecule has 9 nitrogen and oxygen atoms in total. The van der Waals surface area contributed by atoms with Crippen LogP contribution in [0.25, 0.3) is 22.6 Å². The summed E-state index contributed by atoms with van der Waals surface area (Å²) in [6.45, 7) is 1.97. The average molecular weight is 509 g/mol. The highest BCUT2D eigenvalue weighted by Crippen LogP contribution is 2.44. The van der Waals surface area contributed by atoms with Gasteiger partial charge in [0.25, 0.3) is 0 Å². The van der Waals surface area contributed by atoms with Crippen molar-refractivity contribution in [3.8, 4) is 17.1 Å². The van der Waals surface area contributed by atoms with Crippen molar-refractivity contribution in [3.63, 3.8) is 0 Å². The molecular formula is C26H29ClN6O3. The number of halogens is 1. The summed E-state index contributed by atoms with van der Waals surface area (Å²) in [5.74, 6) is 2.33. The quantitative estimate of drug-likeness (QED) is 0.367. The highest BCUT2D eigenvalue weighted by Gasteiger charge is 2.47. The minimum absolute atomic E-state index is 0.139. The van der Waals surface area contributed by atoms with E-state index in [1.54, 1.807) is 13.3 Å². The molecule has 3 aromatic rings. The van der Waals surface area contributed by atoms with E-state index in [4.69, 9.17) is 31.8 Å². The van der Waals surface area contributed by atoms with Crippen molar-refractivity contribution in [3.05, 3.63) is 47.1 Å². The Morgan fingerprint density at radius 3 is 2.81 bits per heavy atom. The zero-order valence-electron chi connectivity index (χ0n) is 20.0. The van der Waals surface area contributed by atoms with E-state index in [2.05, 4.69) is 44.9 Å². The molecule has 188 valence electrons. The molecule has 2 aliphatic carbocycles. The first-order chi connectivity index (χ1) is 17.5. The van der Waals surface area contributed by atoms with Gasteiger partial charge in [0, 0.05) is 17.4 Å². The summed E-state index contributed by atoms with van der Waals surface area (Å²) in [7, 11) is 1.69. The molecule has 10 heteroatoms. The van der Waals surface area contributed by atoms with Crippen molar-refractivity contribution in [2.45, 2.75) is 37.3 Å². The number of anilines is 1. The Kier molecular flexibility index (Phi) is 5.97. The first-order valence-electron chi connectivity index (χ1n) is 12.4. The molecule has 36 heavy (non-hydrogen) atoms. The van der Waals surface area contributed by atoms with Crippen LogP contribution in [0.15, 0.2) is 36.5 Å². The lowest BCUT2D eigenvalue weighted by atomic mass is 9.86. The molecule has 0 spiro atoms.